The van der Waals surface area contributed by atoms with Crippen LogP contribution in [0.4, 0.5) is 0 Å². The van der Waals surface area contributed by atoms with E-state index in [2.05, 4.69) is 10.4 Å². The second-order valence-electron chi connectivity index (χ2n) is 5.38. The summed E-state index contributed by atoms with van der Waals surface area (Å²) in [7, 11) is 1.66. The fraction of sp³-hybridized carbons (Fsp3) is 0.312. The number of aryl methyl sites for hydroxylation is 2. The van der Waals surface area contributed by atoms with Crippen LogP contribution >= 0.6 is 11.3 Å². The Morgan fingerprint density at radius 1 is 1.55 bits per heavy atom. The number of rotatable bonds is 3. The largest absolute Gasteiger partial charge is 0.349 e. The van der Waals surface area contributed by atoms with Gasteiger partial charge in [-0.05, 0) is 42.3 Å². The van der Waals surface area contributed by atoms with Crippen LogP contribution in [0.5, 0.6) is 0 Å². The van der Waals surface area contributed by atoms with Gasteiger partial charge in [0.05, 0.1) is 5.69 Å². The number of nitrogens with one attached hydrogen (secondary N) is 1. The minimum Gasteiger partial charge on any atom is -0.349 e. The summed E-state index contributed by atoms with van der Waals surface area (Å²) < 4.78 is 1.36. The summed E-state index contributed by atoms with van der Waals surface area (Å²) in [6.45, 7) is 0. The lowest BCUT2D eigenvalue weighted by atomic mass is 9.92. The van der Waals surface area contributed by atoms with E-state index in [1.54, 1.807) is 30.5 Å². The number of hydrogen-bond donors (Lipinski definition) is 1. The fourth-order valence-electron chi connectivity index (χ4n) is 2.60. The monoisotopic (exact) mass is 315 g/mol. The first-order valence-electron chi connectivity index (χ1n) is 7.20. The molecule has 1 atom stereocenters. The Labute approximate surface area is 132 Å². The van der Waals surface area contributed by atoms with Gasteiger partial charge in [0, 0.05) is 30.1 Å². The molecule has 2 heterocycles. The van der Waals surface area contributed by atoms with Gasteiger partial charge in [-0.1, -0.05) is 6.07 Å². The quantitative estimate of drug-likeness (QED) is 0.874. The molecule has 2 aromatic heterocycles. The summed E-state index contributed by atoms with van der Waals surface area (Å²) in [5.74, 6) is -0.0985. The van der Waals surface area contributed by atoms with Crippen LogP contribution in [0.25, 0.3) is 6.08 Å². The molecule has 5 nitrogen and oxygen atoms in total. The maximum atomic E-state index is 12.0. The van der Waals surface area contributed by atoms with Crippen LogP contribution in [-0.2, 0) is 24.7 Å². The van der Waals surface area contributed by atoms with Crippen LogP contribution < -0.4 is 10.9 Å². The van der Waals surface area contributed by atoms with Crippen LogP contribution in [-0.4, -0.2) is 21.7 Å². The van der Waals surface area contributed by atoms with E-state index in [9.17, 15) is 9.59 Å². The van der Waals surface area contributed by atoms with E-state index in [0.29, 0.717) is 6.42 Å². The van der Waals surface area contributed by atoms with Crippen molar-refractivity contribution >= 4 is 23.3 Å². The number of hydrogen-bond acceptors (Lipinski definition) is 4. The average molecular weight is 315 g/mol. The van der Waals surface area contributed by atoms with E-state index in [0.717, 1.165) is 29.0 Å². The second kappa shape index (κ2) is 6.27. The van der Waals surface area contributed by atoms with Crippen LogP contribution in [0.1, 0.15) is 22.6 Å². The number of amides is 1. The molecule has 6 heteroatoms. The van der Waals surface area contributed by atoms with E-state index in [4.69, 9.17) is 0 Å². The zero-order valence-electron chi connectivity index (χ0n) is 12.3. The molecule has 0 unspecified atom stereocenters. The summed E-state index contributed by atoms with van der Waals surface area (Å²) >= 11 is 1.59. The Bertz CT molecular complexity index is 762. The van der Waals surface area contributed by atoms with Crippen molar-refractivity contribution in [3.8, 4) is 0 Å². The summed E-state index contributed by atoms with van der Waals surface area (Å²) in [6.07, 6.45) is 5.66. The zero-order chi connectivity index (χ0) is 15.5. The van der Waals surface area contributed by atoms with Gasteiger partial charge in [0.1, 0.15) is 0 Å². The van der Waals surface area contributed by atoms with Crippen molar-refractivity contribution in [2.24, 2.45) is 7.05 Å². The predicted octanol–water partition coefficient (Wildman–Crippen LogP) is 1.53. The van der Waals surface area contributed by atoms with Crippen molar-refractivity contribution in [3.05, 3.63) is 56.1 Å². The predicted molar refractivity (Wildman–Crippen MR) is 86.8 cm³/mol. The Morgan fingerprint density at radius 3 is 3.18 bits per heavy atom. The minimum atomic E-state index is -0.108. The summed E-state index contributed by atoms with van der Waals surface area (Å²) in [6, 6.07) is 5.60. The zero-order valence-corrected chi connectivity index (χ0v) is 13.1. The third kappa shape index (κ3) is 3.33. The first kappa shape index (κ1) is 14.7. The van der Waals surface area contributed by atoms with Gasteiger partial charge in [0.25, 0.3) is 5.56 Å². The van der Waals surface area contributed by atoms with Crippen molar-refractivity contribution in [2.75, 3.05) is 0 Å². The van der Waals surface area contributed by atoms with Gasteiger partial charge < -0.3 is 5.32 Å². The SMILES string of the molecule is Cn1nc2c(cc1=O)C[C@@H](NC(=O)/C=C/c1cccs1)CC2. The fourth-order valence-corrected chi connectivity index (χ4v) is 3.22. The molecule has 1 amide bonds. The summed E-state index contributed by atoms with van der Waals surface area (Å²) in [5.41, 5.74) is 1.80. The molecule has 0 saturated heterocycles. The molecule has 22 heavy (non-hydrogen) atoms. The molecular formula is C16H17N3O2S. The highest BCUT2D eigenvalue weighted by molar-refractivity contribution is 7.10. The standard InChI is InChI=1S/C16H17N3O2S/c1-19-16(21)10-11-9-12(4-6-14(11)18-19)17-15(20)7-5-13-3-2-8-22-13/h2-3,5,7-8,10,12H,4,6,9H2,1H3,(H,17,20)/b7-5+/t12-/m0/s1. The van der Waals surface area contributed by atoms with Gasteiger partial charge in [-0.15, -0.1) is 11.3 Å². The molecule has 0 aromatic carbocycles. The van der Waals surface area contributed by atoms with Crippen LogP contribution in [0.3, 0.4) is 0 Å². The molecule has 114 valence electrons. The third-order valence-corrected chi connectivity index (χ3v) is 4.58. The molecular weight excluding hydrogens is 298 g/mol. The molecule has 0 spiro atoms. The van der Waals surface area contributed by atoms with Gasteiger partial charge in [0.15, 0.2) is 0 Å². The topological polar surface area (TPSA) is 64.0 Å². The number of aromatic nitrogens is 2. The van der Waals surface area contributed by atoms with E-state index < -0.39 is 0 Å². The Balaban J connectivity index is 1.64. The van der Waals surface area contributed by atoms with Crippen LogP contribution in [0, 0.1) is 0 Å². The van der Waals surface area contributed by atoms with Gasteiger partial charge in [0.2, 0.25) is 5.91 Å². The number of thiophene rings is 1. The van der Waals surface area contributed by atoms with Gasteiger partial charge in [-0.3, -0.25) is 9.59 Å². The molecule has 0 saturated carbocycles. The van der Waals surface area contributed by atoms with Crippen molar-refractivity contribution in [1.82, 2.24) is 15.1 Å². The second-order valence-corrected chi connectivity index (χ2v) is 6.35. The van der Waals surface area contributed by atoms with Crippen molar-refractivity contribution < 1.29 is 4.79 Å². The first-order chi connectivity index (χ1) is 10.6. The molecule has 1 N–H and O–H groups in total. The smallest absolute Gasteiger partial charge is 0.266 e. The molecule has 0 aliphatic heterocycles. The molecule has 0 fully saturated rings. The summed E-state index contributed by atoms with van der Waals surface area (Å²) in [5, 5.41) is 9.25. The maximum absolute atomic E-state index is 12.0. The van der Waals surface area contributed by atoms with E-state index in [1.165, 1.54) is 4.68 Å². The first-order valence-corrected chi connectivity index (χ1v) is 8.08. The lowest BCUT2D eigenvalue weighted by molar-refractivity contribution is -0.117. The normalized spacial score (nSPS) is 17.4. The Hall–Kier alpha value is -2.21. The lowest BCUT2D eigenvalue weighted by Crippen LogP contribution is -2.39. The molecule has 3 rings (SSSR count). The van der Waals surface area contributed by atoms with Crippen molar-refractivity contribution in [1.29, 1.82) is 0 Å². The van der Waals surface area contributed by atoms with E-state index >= 15 is 0 Å². The molecule has 2 aromatic rings. The highest BCUT2D eigenvalue weighted by Gasteiger charge is 2.21. The van der Waals surface area contributed by atoms with Crippen LogP contribution in [0.2, 0.25) is 0 Å². The highest BCUT2D eigenvalue weighted by atomic mass is 32.1. The maximum Gasteiger partial charge on any atom is 0.266 e. The Kier molecular flexibility index (Phi) is 4.20. The number of carbonyl (C=O) groups excluding carboxylic acids is 1. The van der Waals surface area contributed by atoms with E-state index in [-0.39, 0.29) is 17.5 Å². The minimum absolute atomic E-state index is 0.0573. The molecule has 0 bridgehead atoms. The van der Waals surface area contributed by atoms with Gasteiger partial charge in [-0.25, -0.2) is 4.68 Å². The lowest BCUT2D eigenvalue weighted by Gasteiger charge is -2.24. The van der Waals surface area contributed by atoms with Gasteiger partial charge in [-0.2, -0.15) is 5.10 Å². The van der Waals surface area contributed by atoms with Crippen molar-refractivity contribution in [3.63, 3.8) is 0 Å². The number of carbonyl (C=O) groups is 1. The third-order valence-electron chi connectivity index (χ3n) is 3.74. The van der Waals surface area contributed by atoms with Gasteiger partial charge >= 0.3 is 0 Å². The average Bonchev–Trinajstić information content (AvgIpc) is 3.00. The highest BCUT2D eigenvalue weighted by Crippen LogP contribution is 2.18. The van der Waals surface area contributed by atoms with Crippen LogP contribution in [0.15, 0.2) is 34.4 Å². The number of fused-ring (bicyclic) bond motifs is 1. The van der Waals surface area contributed by atoms with Crippen molar-refractivity contribution in [2.45, 2.75) is 25.3 Å². The van der Waals surface area contributed by atoms with E-state index in [1.807, 2.05) is 23.6 Å². The molecule has 0 radical (unpaired) electrons. The Morgan fingerprint density at radius 2 is 2.41 bits per heavy atom. The molecule has 1 aliphatic carbocycles. The number of nitrogens with zero attached hydrogens (tertiary/aromatic N) is 2. The molecule has 1 aliphatic rings. The summed E-state index contributed by atoms with van der Waals surface area (Å²) in [4.78, 5) is 24.7.